The average molecular weight is 384 g/mol. The van der Waals surface area contributed by atoms with E-state index in [4.69, 9.17) is 4.74 Å². The predicted molar refractivity (Wildman–Crippen MR) is 88.6 cm³/mol. The summed E-state index contributed by atoms with van der Waals surface area (Å²) in [5, 5.41) is 0. The summed E-state index contributed by atoms with van der Waals surface area (Å²) in [7, 11) is 0. The minimum absolute atomic E-state index is 0.0750. The Morgan fingerprint density at radius 3 is 2.73 bits per heavy atom. The van der Waals surface area contributed by atoms with Crippen LogP contribution in [0.15, 0.2) is 41.4 Å². The number of amides is 1. The zero-order chi connectivity index (χ0) is 18.9. The van der Waals surface area contributed by atoms with Gasteiger partial charge in [-0.25, -0.2) is 4.39 Å². The number of ether oxygens (including phenoxy) is 1. The molecule has 0 unspecified atom stereocenters. The van der Waals surface area contributed by atoms with Crippen LogP contribution < -0.4 is 9.54 Å². The third kappa shape index (κ3) is 3.62. The number of alkyl halides is 3. The van der Waals surface area contributed by atoms with Gasteiger partial charge in [0.1, 0.15) is 0 Å². The number of benzene rings is 2. The maximum atomic E-state index is 14.3. The third-order valence-electron chi connectivity index (χ3n) is 3.44. The number of hydrogen-bond acceptors (Lipinski definition) is 3. The maximum Gasteiger partial charge on any atom is 0.416 e. The van der Waals surface area contributed by atoms with Gasteiger partial charge in [0.05, 0.1) is 22.4 Å². The van der Waals surface area contributed by atoms with Crippen molar-refractivity contribution >= 4 is 27.5 Å². The standard InChI is InChI=1S/C17H12F4N2O2S/c1-2-25-12-7-6-11-14(13(12)18)26-16(22-11)23-15(24)9-4-3-5-10(8-9)17(19,20)21/h3-8H,2H2,1H3,(H,22,23,24). The molecule has 0 aliphatic rings. The van der Waals surface area contributed by atoms with E-state index in [1.165, 1.54) is 12.1 Å². The molecule has 1 amide bonds. The van der Waals surface area contributed by atoms with Crippen LogP contribution in [-0.2, 0) is 6.18 Å². The molecule has 1 aromatic heterocycles. The lowest BCUT2D eigenvalue weighted by atomic mass is 10.1. The van der Waals surface area contributed by atoms with Crippen molar-refractivity contribution < 1.29 is 27.1 Å². The molecule has 1 N–H and O–H groups in total. The first-order valence-corrected chi connectivity index (χ1v) is 8.31. The zero-order valence-corrected chi connectivity index (χ0v) is 14.2. The van der Waals surface area contributed by atoms with Gasteiger partial charge in [-0.05, 0) is 37.3 Å². The number of nitrogens with one attached hydrogen (secondary N) is 1. The highest BCUT2D eigenvalue weighted by Crippen LogP contribution is 2.30. The minimum atomic E-state index is -4.56. The van der Waals surface area contributed by atoms with E-state index in [-0.39, 0.29) is 20.8 Å². The molecule has 0 fully saturated rings. The number of aromatic amines is 1. The quantitative estimate of drug-likeness (QED) is 0.675. The summed E-state index contributed by atoms with van der Waals surface area (Å²) in [6.45, 7) is 2.02. The molecular weight excluding hydrogens is 372 g/mol. The van der Waals surface area contributed by atoms with Crippen LogP contribution >= 0.6 is 11.3 Å². The molecule has 0 bridgehead atoms. The van der Waals surface area contributed by atoms with E-state index in [1.54, 1.807) is 13.0 Å². The molecule has 0 atom stereocenters. The Kier molecular flexibility index (Phi) is 4.82. The first-order chi connectivity index (χ1) is 12.3. The molecule has 0 radical (unpaired) electrons. The smallest absolute Gasteiger partial charge is 0.416 e. The van der Waals surface area contributed by atoms with Crippen LogP contribution in [0.3, 0.4) is 0 Å². The van der Waals surface area contributed by atoms with Crippen molar-refractivity contribution in [2.45, 2.75) is 13.1 Å². The molecule has 0 saturated heterocycles. The third-order valence-corrected chi connectivity index (χ3v) is 4.43. The topological polar surface area (TPSA) is 54.4 Å². The lowest BCUT2D eigenvalue weighted by Crippen LogP contribution is -2.08. The van der Waals surface area contributed by atoms with Gasteiger partial charge < -0.3 is 9.72 Å². The van der Waals surface area contributed by atoms with Gasteiger partial charge in [-0.3, -0.25) is 4.79 Å². The van der Waals surface area contributed by atoms with Gasteiger partial charge in [0, 0.05) is 5.56 Å². The number of halogens is 4. The van der Waals surface area contributed by atoms with Crippen molar-refractivity contribution in [2.24, 2.45) is 4.99 Å². The van der Waals surface area contributed by atoms with Gasteiger partial charge in [0.2, 0.25) is 0 Å². The van der Waals surface area contributed by atoms with Crippen LogP contribution in [0.5, 0.6) is 5.75 Å². The van der Waals surface area contributed by atoms with Crippen LogP contribution in [0.2, 0.25) is 0 Å². The van der Waals surface area contributed by atoms with Crippen LogP contribution in [0.1, 0.15) is 22.8 Å². The Bertz CT molecular complexity index is 1040. The highest BCUT2D eigenvalue weighted by Gasteiger charge is 2.30. The van der Waals surface area contributed by atoms with Gasteiger partial charge >= 0.3 is 6.18 Å². The van der Waals surface area contributed by atoms with Gasteiger partial charge in [-0.15, -0.1) is 0 Å². The molecule has 136 valence electrons. The number of fused-ring (bicyclic) bond motifs is 1. The SMILES string of the molecule is CCOc1ccc2[nH]/c(=N/C(=O)c3cccc(C(F)(F)F)c3)sc2c1F. The van der Waals surface area contributed by atoms with Crippen molar-refractivity contribution in [3.05, 3.63) is 58.1 Å². The maximum absolute atomic E-state index is 14.3. The van der Waals surface area contributed by atoms with E-state index in [0.29, 0.717) is 12.1 Å². The molecule has 26 heavy (non-hydrogen) atoms. The largest absolute Gasteiger partial charge is 0.491 e. The number of carbonyl (C=O) groups is 1. The number of H-pyrrole nitrogens is 1. The van der Waals surface area contributed by atoms with E-state index < -0.39 is 23.5 Å². The zero-order valence-electron chi connectivity index (χ0n) is 13.4. The van der Waals surface area contributed by atoms with E-state index >= 15 is 0 Å². The van der Waals surface area contributed by atoms with E-state index in [1.807, 2.05) is 0 Å². The van der Waals surface area contributed by atoms with Gasteiger partial charge in [-0.1, -0.05) is 17.4 Å². The van der Waals surface area contributed by atoms with Gasteiger partial charge in [0.15, 0.2) is 16.4 Å². The van der Waals surface area contributed by atoms with E-state index in [2.05, 4.69) is 9.98 Å². The summed E-state index contributed by atoms with van der Waals surface area (Å²) in [6, 6.07) is 6.99. The molecule has 0 spiro atoms. The fourth-order valence-corrected chi connectivity index (χ4v) is 3.18. The Morgan fingerprint density at radius 2 is 2.04 bits per heavy atom. The van der Waals surface area contributed by atoms with Crippen molar-refractivity contribution in [2.75, 3.05) is 6.61 Å². The Hall–Kier alpha value is -2.68. The normalized spacial score (nSPS) is 12.6. The van der Waals surface area contributed by atoms with Crippen molar-refractivity contribution in [3.8, 4) is 5.75 Å². The lowest BCUT2D eigenvalue weighted by molar-refractivity contribution is -0.137. The molecule has 0 aliphatic carbocycles. The number of nitrogens with zero attached hydrogens (tertiary/aromatic N) is 1. The van der Waals surface area contributed by atoms with Crippen LogP contribution in [0.25, 0.3) is 10.2 Å². The van der Waals surface area contributed by atoms with Crippen molar-refractivity contribution in [1.29, 1.82) is 0 Å². The van der Waals surface area contributed by atoms with Crippen molar-refractivity contribution in [1.82, 2.24) is 4.98 Å². The molecule has 3 rings (SSSR count). The van der Waals surface area contributed by atoms with Gasteiger partial charge in [0.25, 0.3) is 5.91 Å². The summed E-state index contributed by atoms with van der Waals surface area (Å²) in [5.74, 6) is -1.37. The summed E-state index contributed by atoms with van der Waals surface area (Å²) < 4.78 is 57.9. The summed E-state index contributed by atoms with van der Waals surface area (Å²) in [5.41, 5.74) is -0.737. The van der Waals surface area contributed by atoms with Crippen molar-refractivity contribution in [3.63, 3.8) is 0 Å². The number of carbonyl (C=O) groups excluding carboxylic acids is 1. The molecule has 1 heterocycles. The second-order valence-electron chi connectivity index (χ2n) is 5.22. The first-order valence-electron chi connectivity index (χ1n) is 7.50. The lowest BCUT2D eigenvalue weighted by Gasteiger charge is -2.06. The summed E-state index contributed by atoms with van der Waals surface area (Å²) in [4.78, 5) is 18.8. The number of aromatic nitrogens is 1. The van der Waals surface area contributed by atoms with E-state index in [0.717, 1.165) is 29.5 Å². The molecule has 0 saturated carbocycles. The Labute approximate surface area is 148 Å². The number of rotatable bonds is 3. The number of thiazole rings is 1. The first kappa shape index (κ1) is 18.1. The molecular formula is C17H12F4N2O2S. The molecule has 9 heteroatoms. The molecule has 3 aromatic rings. The van der Waals surface area contributed by atoms with Gasteiger partial charge in [-0.2, -0.15) is 18.2 Å². The molecule has 2 aromatic carbocycles. The molecule has 0 aliphatic heterocycles. The predicted octanol–water partition coefficient (Wildman–Crippen LogP) is 4.53. The highest BCUT2D eigenvalue weighted by molar-refractivity contribution is 7.16. The van der Waals surface area contributed by atoms with E-state index in [9.17, 15) is 22.4 Å². The van der Waals surface area contributed by atoms with Crippen LogP contribution in [0.4, 0.5) is 17.6 Å². The fourth-order valence-electron chi connectivity index (χ4n) is 2.28. The molecule has 4 nitrogen and oxygen atoms in total. The Balaban J connectivity index is 2.00. The monoisotopic (exact) mass is 384 g/mol. The number of hydrogen-bond donors (Lipinski definition) is 1. The average Bonchev–Trinajstić information content (AvgIpc) is 3.00. The Morgan fingerprint density at radius 1 is 1.27 bits per heavy atom. The van der Waals surface area contributed by atoms with Crippen LogP contribution in [0, 0.1) is 5.82 Å². The summed E-state index contributed by atoms with van der Waals surface area (Å²) in [6.07, 6.45) is -4.56. The second-order valence-corrected chi connectivity index (χ2v) is 6.21. The fraction of sp³-hybridized carbons (Fsp3) is 0.176. The minimum Gasteiger partial charge on any atom is -0.491 e. The highest BCUT2D eigenvalue weighted by atomic mass is 32.1. The van der Waals surface area contributed by atoms with Crippen LogP contribution in [-0.4, -0.2) is 17.5 Å². The summed E-state index contributed by atoms with van der Waals surface area (Å²) >= 11 is 0.876. The second kappa shape index (κ2) is 6.91.